The number of hydrogen-bond acceptors (Lipinski definition) is 5. The lowest BCUT2D eigenvalue weighted by Gasteiger charge is -2.30. The summed E-state index contributed by atoms with van der Waals surface area (Å²) in [5.41, 5.74) is 0.515. The molecule has 1 heterocycles. The Morgan fingerprint density at radius 1 is 1.43 bits per heavy atom. The highest BCUT2D eigenvalue weighted by atomic mass is 16.5. The SMILES string of the molecule is CCOC(=O)C(O)c1ccc(OC2CCCN(C)C2)cc1. The van der Waals surface area contributed by atoms with Crippen LogP contribution in [-0.4, -0.2) is 48.8 Å². The van der Waals surface area contributed by atoms with Crippen molar-refractivity contribution in [3.05, 3.63) is 29.8 Å². The third kappa shape index (κ3) is 4.44. The van der Waals surface area contributed by atoms with E-state index in [0.29, 0.717) is 5.56 Å². The number of likely N-dealkylation sites (N-methyl/N-ethyl adjacent to an activating group) is 1. The Bertz CT molecular complexity index is 460. The Balaban J connectivity index is 1.93. The molecule has 5 nitrogen and oxygen atoms in total. The van der Waals surface area contributed by atoms with E-state index in [9.17, 15) is 9.90 Å². The number of aliphatic hydroxyl groups is 1. The zero-order valence-electron chi connectivity index (χ0n) is 12.6. The number of rotatable bonds is 5. The number of likely N-dealkylation sites (tertiary alicyclic amines) is 1. The average molecular weight is 293 g/mol. The standard InChI is InChI=1S/C16H23NO4/c1-3-20-16(19)15(18)12-6-8-13(9-7-12)21-14-5-4-10-17(2)11-14/h6-9,14-15,18H,3-5,10-11H2,1-2H3. The number of nitrogens with zero attached hydrogens (tertiary/aromatic N) is 1. The van der Waals surface area contributed by atoms with Gasteiger partial charge in [-0.05, 0) is 51.1 Å². The number of benzene rings is 1. The van der Waals surface area contributed by atoms with E-state index in [-0.39, 0.29) is 12.7 Å². The zero-order valence-corrected chi connectivity index (χ0v) is 12.6. The molecule has 1 aromatic carbocycles. The molecule has 1 N–H and O–H groups in total. The van der Waals surface area contributed by atoms with Crippen molar-refractivity contribution in [3.8, 4) is 5.75 Å². The second-order valence-electron chi connectivity index (χ2n) is 5.37. The van der Waals surface area contributed by atoms with Crippen LogP contribution in [-0.2, 0) is 9.53 Å². The normalized spacial score (nSPS) is 20.8. The third-order valence-electron chi connectivity index (χ3n) is 3.59. The van der Waals surface area contributed by atoms with E-state index in [2.05, 4.69) is 11.9 Å². The van der Waals surface area contributed by atoms with E-state index < -0.39 is 12.1 Å². The van der Waals surface area contributed by atoms with E-state index >= 15 is 0 Å². The Kier molecular flexibility index (Phi) is 5.59. The van der Waals surface area contributed by atoms with Gasteiger partial charge in [-0.15, -0.1) is 0 Å². The number of carbonyl (C=O) groups is 1. The largest absolute Gasteiger partial charge is 0.489 e. The molecule has 1 aliphatic heterocycles. The summed E-state index contributed by atoms with van der Waals surface area (Å²) in [6.45, 7) is 4.01. The summed E-state index contributed by atoms with van der Waals surface area (Å²) in [6, 6.07) is 6.96. The monoisotopic (exact) mass is 293 g/mol. The highest BCUT2D eigenvalue weighted by Crippen LogP contribution is 2.21. The maximum Gasteiger partial charge on any atom is 0.339 e. The molecule has 0 aliphatic carbocycles. The van der Waals surface area contributed by atoms with Crippen LogP contribution in [0.4, 0.5) is 0 Å². The van der Waals surface area contributed by atoms with Gasteiger partial charge in [0.25, 0.3) is 0 Å². The predicted octanol–water partition coefficient (Wildman–Crippen LogP) is 1.76. The lowest BCUT2D eigenvalue weighted by molar-refractivity contribution is -0.153. The van der Waals surface area contributed by atoms with Gasteiger partial charge in [0, 0.05) is 6.54 Å². The average Bonchev–Trinajstić information content (AvgIpc) is 2.47. The number of carbonyl (C=O) groups excluding carboxylic acids is 1. The molecule has 0 saturated carbocycles. The first kappa shape index (κ1) is 15.8. The maximum atomic E-state index is 11.5. The lowest BCUT2D eigenvalue weighted by atomic mass is 10.1. The number of aliphatic hydroxyl groups excluding tert-OH is 1. The van der Waals surface area contributed by atoms with Crippen LogP contribution in [0.2, 0.25) is 0 Å². The number of esters is 1. The van der Waals surface area contributed by atoms with Crippen LogP contribution in [0.1, 0.15) is 31.4 Å². The van der Waals surface area contributed by atoms with Crippen LogP contribution < -0.4 is 4.74 Å². The summed E-state index contributed by atoms with van der Waals surface area (Å²) in [6.07, 6.45) is 1.16. The quantitative estimate of drug-likeness (QED) is 0.838. The molecule has 0 aromatic heterocycles. The van der Waals surface area contributed by atoms with Crippen molar-refractivity contribution in [1.82, 2.24) is 4.90 Å². The Morgan fingerprint density at radius 3 is 2.76 bits per heavy atom. The number of piperidine rings is 1. The van der Waals surface area contributed by atoms with Crippen molar-refractivity contribution in [2.45, 2.75) is 32.0 Å². The van der Waals surface area contributed by atoms with Gasteiger partial charge in [0.1, 0.15) is 11.9 Å². The van der Waals surface area contributed by atoms with Crippen molar-refractivity contribution >= 4 is 5.97 Å². The summed E-state index contributed by atoms with van der Waals surface area (Å²) in [5, 5.41) is 9.85. The molecule has 2 unspecified atom stereocenters. The summed E-state index contributed by atoms with van der Waals surface area (Å²) in [4.78, 5) is 13.7. The Morgan fingerprint density at radius 2 is 2.14 bits per heavy atom. The van der Waals surface area contributed by atoms with Gasteiger partial charge in [0.15, 0.2) is 6.10 Å². The van der Waals surface area contributed by atoms with Crippen molar-refractivity contribution in [3.63, 3.8) is 0 Å². The van der Waals surface area contributed by atoms with E-state index in [1.165, 1.54) is 0 Å². The van der Waals surface area contributed by atoms with Gasteiger partial charge in [-0.3, -0.25) is 0 Å². The van der Waals surface area contributed by atoms with Crippen LogP contribution >= 0.6 is 0 Å². The molecule has 1 fully saturated rings. The molecular weight excluding hydrogens is 270 g/mol. The predicted molar refractivity (Wildman–Crippen MR) is 79.2 cm³/mol. The highest BCUT2D eigenvalue weighted by Gasteiger charge is 2.20. The van der Waals surface area contributed by atoms with Gasteiger partial charge in [-0.2, -0.15) is 0 Å². The summed E-state index contributed by atoms with van der Waals surface area (Å²) < 4.78 is 10.7. The minimum absolute atomic E-state index is 0.199. The van der Waals surface area contributed by atoms with E-state index in [1.807, 2.05) is 0 Å². The molecule has 1 saturated heterocycles. The van der Waals surface area contributed by atoms with E-state index in [1.54, 1.807) is 31.2 Å². The van der Waals surface area contributed by atoms with Crippen molar-refractivity contribution in [1.29, 1.82) is 0 Å². The minimum Gasteiger partial charge on any atom is -0.489 e. The Labute approximate surface area is 125 Å². The van der Waals surface area contributed by atoms with Gasteiger partial charge < -0.3 is 19.5 Å². The van der Waals surface area contributed by atoms with Crippen LogP contribution in [0, 0.1) is 0 Å². The maximum absolute atomic E-state index is 11.5. The van der Waals surface area contributed by atoms with Crippen molar-refractivity contribution in [2.75, 3.05) is 26.7 Å². The first-order chi connectivity index (χ1) is 10.1. The van der Waals surface area contributed by atoms with Crippen molar-refractivity contribution in [2.24, 2.45) is 0 Å². The van der Waals surface area contributed by atoms with Gasteiger partial charge in [-0.25, -0.2) is 4.79 Å². The lowest BCUT2D eigenvalue weighted by Crippen LogP contribution is -2.38. The summed E-state index contributed by atoms with van der Waals surface area (Å²) in [5.74, 6) is 0.134. The minimum atomic E-state index is -1.24. The molecule has 1 aliphatic rings. The van der Waals surface area contributed by atoms with Gasteiger partial charge >= 0.3 is 5.97 Å². The first-order valence-electron chi connectivity index (χ1n) is 7.40. The molecule has 2 atom stereocenters. The fraction of sp³-hybridized carbons (Fsp3) is 0.562. The van der Waals surface area contributed by atoms with Crippen LogP contribution in [0.15, 0.2) is 24.3 Å². The van der Waals surface area contributed by atoms with Gasteiger partial charge in [0.2, 0.25) is 0 Å². The molecule has 5 heteroatoms. The molecule has 0 bridgehead atoms. The molecule has 116 valence electrons. The molecule has 21 heavy (non-hydrogen) atoms. The molecule has 1 aromatic rings. The fourth-order valence-corrected chi connectivity index (χ4v) is 2.49. The Hall–Kier alpha value is -1.59. The van der Waals surface area contributed by atoms with E-state index in [0.717, 1.165) is 31.7 Å². The number of ether oxygens (including phenoxy) is 2. The summed E-state index contributed by atoms with van der Waals surface area (Å²) in [7, 11) is 2.09. The second-order valence-corrected chi connectivity index (χ2v) is 5.37. The topological polar surface area (TPSA) is 59.0 Å². The highest BCUT2D eigenvalue weighted by molar-refractivity contribution is 5.76. The second kappa shape index (κ2) is 7.43. The smallest absolute Gasteiger partial charge is 0.339 e. The van der Waals surface area contributed by atoms with Gasteiger partial charge in [-0.1, -0.05) is 12.1 Å². The fourth-order valence-electron chi connectivity index (χ4n) is 2.49. The van der Waals surface area contributed by atoms with E-state index in [4.69, 9.17) is 9.47 Å². The zero-order chi connectivity index (χ0) is 15.2. The van der Waals surface area contributed by atoms with Crippen LogP contribution in [0.3, 0.4) is 0 Å². The molecule has 0 radical (unpaired) electrons. The molecule has 0 spiro atoms. The van der Waals surface area contributed by atoms with Crippen molar-refractivity contribution < 1.29 is 19.4 Å². The molecule has 2 rings (SSSR count). The first-order valence-corrected chi connectivity index (χ1v) is 7.40. The molecule has 0 amide bonds. The summed E-state index contributed by atoms with van der Waals surface area (Å²) >= 11 is 0. The van der Waals surface area contributed by atoms with Gasteiger partial charge in [0.05, 0.1) is 6.61 Å². The van der Waals surface area contributed by atoms with Crippen LogP contribution in [0.5, 0.6) is 5.75 Å². The third-order valence-corrected chi connectivity index (χ3v) is 3.59. The number of hydrogen-bond donors (Lipinski definition) is 1. The molecular formula is C16H23NO4. The van der Waals surface area contributed by atoms with Crippen LogP contribution in [0.25, 0.3) is 0 Å².